The molecule has 0 spiro atoms. The lowest BCUT2D eigenvalue weighted by Crippen LogP contribution is -2.42. The molecule has 1 amide bonds. The average Bonchev–Trinajstić information content (AvgIpc) is 2.42. The van der Waals surface area contributed by atoms with E-state index < -0.39 is 11.2 Å². The summed E-state index contributed by atoms with van der Waals surface area (Å²) in [5.74, 6) is -0.575. The van der Waals surface area contributed by atoms with Crippen LogP contribution in [0.5, 0.6) is 0 Å². The number of carbonyl (C=O) groups excluding carboxylic acids is 1. The Kier molecular flexibility index (Phi) is 6.14. The lowest BCUT2D eigenvalue weighted by atomic mass is 9.78. The number of amides is 1. The van der Waals surface area contributed by atoms with Crippen molar-refractivity contribution < 1.29 is 9.18 Å². The number of hydrogen-bond acceptors (Lipinski definition) is 2. The summed E-state index contributed by atoms with van der Waals surface area (Å²) in [7, 11) is 0. The zero-order valence-corrected chi connectivity index (χ0v) is 12.6. The number of rotatable bonds is 7. The van der Waals surface area contributed by atoms with Crippen LogP contribution in [-0.2, 0) is 4.79 Å². The summed E-state index contributed by atoms with van der Waals surface area (Å²) >= 11 is 0. The van der Waals surface area contributed by atoms with Gasteiger partial charge in [-0.25, -0.2) is 4.39 Å². The number of carbonyl (C=O) groups is 1. The summed E-state index contributed by atoms with van der Waals surface area (Å²) in [5, 5.41) is 2.75. The third kappa shape index (κ3) is 3.57. The summed E-state index contributed by atoms with van der Waals surface area (Å²) < 4.78 is 13.8. The summed E-state index contributed by atoms with van der Waals surface area (Å²) in [6.07, 6.45) is 3.19. The molecule has 1 aromatic rings. The third-order valence-corrected chi connectivity index (χ3v) is 3.79. The van der Waals surface area contributed by atoms with Crippen LogP contribution in [0.3, 0.4) is 0 Å². The second kappa shape index (κ2) is 7.39. The van der Waals surface area contributed by atoms with Gasteiger partial charge in [-0.3, -0.25) is 4.79 Å². The van der Waals surface area contributed by atoms with Gasteiger partial charge in [0.05, 0.1) is 11.1 Å². The average molecular weight is 280 g/mol. The molecule has 0 radical (unpaired) electrons. The lowest BCUT2D eigenvalue weighted by Gasteiger charge is -2.31. The zero-order chi connectivity index (χ0) is 15.2. The maximum atomic E-state index is 13.8. The second-order valence-electron chi connectivity index (χ2n) is 5.37. The molecule has 0 unspecified atom stereocenters. The van der Waals surface area contributed by atoms with E-state index in [-0.39, 0.29) is 18.1 Å². The number of para-hydroxylation sites is 1. The van der Waals surface area contributed by atoms with Crippen molar-refractivity contribution in [1.29, 1.82) is 0 Å². The molecule has 0 fully saturated rings. The molecule has 0 atom stereocenters. The summed E-state index contributed by atoms with van der Waals surface area (Å²) in [4.78, 5) is 12.6. The molecular formula is C16H25FN2O. The minimum atomic E-state index is -0.599. The lowest BCUT2D eigenvalue weighted by molar-refractivity contribution is -0.126. The van der Waals surface area contributed by atoms with Crippen LogP contribution in [0.4, 0.5) is 10.1 Å². The van der Waals surface area contributed by atoms with Gasteiger partial charge < -0.3 is 11.1 Å². The standard InChI is InChI=1S/C16H25FN2O/c1-4-9-16(11-18,10-5-2)15(20)19-14-12(3)7-6-8-13(14)17/h6-8H,4-5,9-11,18H2,1-3H3,(H,19,20). The highest BCUT2D eigenvalue weighted by atomic mass is 19.1. The Balaban J connectivity index is 3.02. The van der Waals surface area contributed by atoms with Gasteiger partial charge in [0.15, 0.2) is 0 Å². The number of nitrogens with one attached hydrogen (secondary N) is 1. The van der Waals surface area contributed by atoms with Crippen molar-refractivity contribution in [3.63, 3.8) is 0 Å². The van der Waals surface area contributed by atoms with Gasteiger partial charge in [0.1, 0.15) is 5.82 Å². The third-order valence-electron chi connectivity index (χ3n) is 3.79. The Morgan fingerprint density at radius 1 is 1.30 bits per heavy atom. The monoisotopic (exact) mass is 280 g/mol. The second-order valence-corrected chi connectivity index (χ2v) is 5.37. The number of anilines is 1. The van der Waals surface area contributed by atoms with Gasteiger partial charge in [0, 0.05) is 6.54 Å². The van der Waals surface area contributed by atoms with Gasteiger partial charge in [0.25, 0.3) is 0 Å². The fraction of sp³-hybridized carbons (Fsp3) is 0.562. The van der Waals surface area contributed by atoms with E-state index in [9.17, 15) is 9.18 Å². The van der Waals surface area contributed by atoms with E-state index in [1.165, 1.54) is 6.07 Å². The van der Waals surface area contributed by atoms with Gasteiger partial charge in [-0.05, 0) is 31.4 Å². The Bertz CT molecular complexity index is 434. The van der Waals surface area contributed by atoms with Crippen molar-refractivity contribution in [1.82, 2.24) is 0 Å². The van der Waals surface area contributed by atoms with Crippen molar-refractivity contribution in [2.24, 2.45) is 11.1 Å². The van der Waals surface area contributed by atoms with Crippen LogP contribution in [0.1, 0.15) is 45.1 Å². The number of aryl methyl sites for hydroxylation is 1. The van der Waals surface area contributed by atoms with Crippen LogP contribution in [0.25, 0.3) is 0 Å². The molecule has 0 bridgehead atoms. The number of hydrogen-bond donors (Lipinski definition) is 2. The highest BCUT2D eigenvalue weighted by molar-refractivity contribution is 5.96. The molecule has 0 heterocycles. The molecule has 1 rings (SSSR count). The minimum absolute atomic E-state index is 0.170. The van der Waals surface area contributed by atoms with Crippen LogP contribution < -0.4 is 11.1 Å². The molecule has 3 N–H and O–H groups in total. The SMILES string of the molecule is CCCC(CN)(CCC)C(=O)Nc1c(C)cccc1F. The highest BCUT2D eigenvalue weighted by Crippen LogP contribution is 2.31. The van der Waals surface area contributed by atoms with Gasteiger partial charge in [-0.15, -0.1) is 0 Å². The zero-order valence-electron chi connectivity index (χ0n) is 12.6. The van der Waals surface area contributed by atoms with E-state index in [4.69, 9.17) is 5.73 Å². The van der Waals surface area contributed by atoms with Gasteiger partial charge in [-0.2, -0.15) is 0 Å². The van der Waals surface area contributed by atoms with Crippen LogP contribution in [0.15, 0.2) is 18.2 Å². The normalized spacial score (nSPS) is 11.4. The van der Waals surface area contributed by atoms with Crippen LogP contribution >= 0.6 is 0 Å². The van der Waals surface area contributed by atoms with Crippen LogP contribution in [0, 0.1) is 18.2 Å². The maximum Gasteiger partial charge on any atom is 0.231 e. The smallest absolute Gasteiger partial charge is 0.231 e. The van der Waals surface area contributed by atoms with E-state index in [2.05, 4.69) is 5.32 Å². The fourth-order valence-electron chi connectivity index (χ4n) is 2.64. The number of halogens is 1. The molecule has 0 aromatic heterocycles. The highest BCUT2D eigenvalue weighted by Gasteiger charge is 2.35. The topological polar surface area (TPSA) is 55.1 Å². The summed E-state index contributed by atoms with van der Waals surface area (Å²) in [5.41, 5.74) is 6.24. The first kappa shape index (κ1) is 16.6. The molecule has 0 aliphatic carbocycles. The quantitative estimate of drug-likeness (QED) is 0.801. The van der Waals surface area contributed by atoms with Crippen LogP contribution in [-0.4, -0.2) is 12.5 Å². The van der Waals surface area contributed by atoms with Crippen molar-refractivity contribution in [2.75, 3.05) is 11.9 Å². The molecule has 20 heavy (non-hydrogen) atoms. The minimum Gasteiger partial charge on any atom is -0.329 e. The van der Waals surface area contributed by atoms with Gasteiger partial charge in [0.2, 0.25) is 5.91 Å². The molecule has 3 nitrogen and oxygen atoms in total. The Morgan fingerprint density at radius 3 is 2.35 bits per heavy atom. The van der Waals surface area contributed by atoms with Crippen molar-refractivity contribution in [3.05, 3.63) is 29.6 Å². The Hall–Kier alpha value is -1.42. The van der Waals surface area contributed by atoms with E-state index in [1.54, 1.807) is 19.1 Å². The molecular weight excluding hydrogens is 255 g/mol. The largest absolute Gasteiger partial charge is 0.329 e. The maximum absolute atomic E-state index is 13.8. The molecule has 1 aromatic carbocycles. The number of nitrogens with two attached hydrogens (primary N) is 1. The van der Waals surface area contributed by atoms with E-state index in [0.717, 1.165) is 31.2 Å². The predicted molar refractivity (Wildman–Crippen MR) is 81.1 cm³/mol. The molecule has 4 heteroatoms. The first-order valence-corrected chi connectivity index (χ1v) is 7.27. The Labute approximate surface area is 120 Å². The van der Waals surface area contributed by atoms with Gasteiger partial charge >= 0.3 is 0 Å². The fourth-order valence-corrected chi connectivity index (χ4v) is 2.64. The van der Waals surface area contributed by atoms with Crippen molar-refractivity contribution in [2.45, 2.75) is 46.5 Å². The van der Waals surface area contributed by atoms with Crippen molar-refractivity contribution in [3.8, 4) is 0 Å². The summed E-state index contributed by atoms with van der Waals surface area (Å²) in [6, 6.07) is 4.77. The van der Waals surface area contributed by atoms with Crippen LogP contribution in [0.2, 0.25) is 0 Å². The van der Waals surface area contributed by atoms with E-state index in [1.807, 2.05) is 13.8 Å². The first-order valence-electron chi connectivity index (χ1n) is 7.27. The predicted octanol–water partition coefficient (Wildman–Crippen LogP) is 3.62. The summed E-state index contributed by atoms with van der Waals surface area (Å²) in [6.45, 7) is 6.12. The Morgan fingerprint density at radius 2 is 1.90 bits per heavy atom. The van der Waals surface area contributed by atoms with Gasteiger partial charge in [-0.1, -0.05) is 38.8 Å². The molecule has 0 aliphatic rings. The molecule has 112 valence electrons. The van der Waals surface area contributed by atoms with E-state index in [0.29, 0.717) is 0 Å². The van der Waals surface area contributed by atoms with Crippen molar-refractivity contribution >= 4 is 11.6 Å². The molecule has 0 saturated heterocycles. The van der Waals surface area contributed by atoms with E-state index >= 15 is 0 Å². The molecule has 0 saturated carbocycles. The first-order chi connectivity index (χ1) is 9.50. The molecule has 0 aliphatic heterocycles. The number of benzene rings is 1.